The summed E-state index contributed by atoms with van der Waals surface area (Å²) >= 11 is 0. The predicted octanol–water partition coefficient (Wildman–Crippen LogP) is 0.422. The summed E-state index contributed by atoms with van der Waals surface area (Å²) in [6.45, 7) is 0. The Morgan fingerprint density at radius 1 is 1.40 bits per heavy atom. The molecule has 7 heteroatoms. The summed E-state index contributed by atoms with van der Waals surface area (Å²) in [7, 11) is 1.61. The quantitative estimate of drug-likeness (QED) is 0.703. The third-order valence-corrected chi connectivity index (χ3v) is 3.04. The molecule has 0 unspecified atom stereocenters. The van der Waals surface area contributed by atoms with Crippen LogP contribution in [0.3, 0.4) is 0 Å². The van der Waals surface area contributed by atoms with Gasteiger partial charge in [0.1, 0.15) is 0 Å². The molecule has 0 atom stereocenters. The number of aryl methyl sites for hydroxylation is 1. The van der Waals surface area contributed by atoms with E-state index in [2.05, 4.69) is 15.0 Å². The van der Waals surface area contributed by atoms with Crippen LogP contribution in [0, 0.1) is 0 Å². The monoisotopic (exact) mass is 269 g/mol. The molecular formula is C13H11N5O2. The Morgan fingerprint density at radius 3 is 2.95 bits per heavy atom. The molecule has 0 aliphatic heterocycles. The summed E-state index contributed by atoms with van der Waals surface area (Å²) in [5.74, 6) is -0.505. The van der Waals surface area contributed by atoms with Crippen LogP contribution >= 0.6 is 0 Å². The lowest BCUT2D eigenvalue weighted by atomic mass is 10.1. The molecule has 3 N–H and O–H groups in total. The van der Waals surface area contributed by atoms with E-state index in [1.165, 1.54) is 4.57 Å². The molecule has 1 amide bonds. The largest absolute Gasteiger partial charge is 0.366 e. The Bertz CT molecular complexity index is 878. The van der Waals surface area contributed by atoms with Crippen molar-refractivity contribution in [3.63, 3.8) is 0 Å². The number of H-pyrrole nitrogens is 1. The zero-order valence-corrected chi connectivity index (χ0v) is 10.6. The van der Waals surface area contributed by atoms with Gasteiger partial charge in [0.2, 0.25) is 5.91 Å². The number of hydrogen-bond donors (Lipinski definition) is 2. The van der Waals surface area contributed by atoms with Crippen LogP contribution in [0.4, 0.5) is 0 Å². The molecule has 0 aliphatic carbocycles. The minimum absolute atomic E-state index is 0.275. The number of amides is 1. The van der Waals surface area contributed by atoms with Crippen LogP contribution in [-0.4, -0.2) is 25.4 Å². The van der Waals surface area contributed by atoms with Crippen molar-refractivity contribution in [2.75, 3.05) is 0 Å². The first kappa shape index (κ1) is 12.1. The van der Waals surface area contributed by atoms with Gasteiger partial charge in [0, 0.05) is 18.2 Å². The third kappa shape index (κ3) is 1.85. The van der Waals surface area contributed by atoms with E-state index in [0.29, 0.717) is 28.1 Å². The van der Waals surface area contributed by atoms with E-state index in [0.717, 1.165) is 0 Å². The molecule has 0 radical (unpaired) electrons. The van der Waals surface area contributed by atoms with Gasteiger partial charge in [-0.05, 0) is 12.1 Å². The summed E-state index contributed by atoms with van der Waals surface area (Å²) < 4.78 is 1.38. The predicted molar refractivity (Wildman–Crippen MR) is 73.1 cm³/mol. The van der Waals surface area contributed by atoms with E-state index in [1.807, 2.05) is 0 Å². The second-order valence-corrected chi connectivity index (χ2v) is 4.36. The van der Waals surface area contributed by atoms with Gasteiger partial charge in [-0.25, -0.2) is 14.8 Å². The number of aromatic nitrogens is 4. The highest BCUT2D eigenvalue weighted by Crippen LogP contribution is 2.19. The summed E-state index contributed by atoms with van der Waals surface area (Å²) in [5.41, 5.74) is 7.53. The minimum atomic E-state index is -0.505. The molecule has 0 aliphatic rings. The molecular weight excluding hydrogens is 258 g/mol. The molecule has 3 aromatic rings. The number of carbonyl (C=O) groups excluding carboxylic acids is 1. The highest BCUT2D eigenvalue weighted by molar-refractivity contribution is 5.94. The summed E-state index contributed by atoms with van der Waals surface area (Å²) in [5, 5.41) is 0. The number of primary amides is 1. The first-order valence-electron chi connectivity index (χ1n) is 5.88. The van der Waals surface area contributed by atoms with Crippen LogP contribution in [0.1, 0.15) is 10.4 Å². The van der Waals surface area contributed by atoms with Crippen LogP contribution in [-0.2, 0) is 7.05 Å². The number of carbonyl (C=O) groups is 1. The molecule has 20 heavy (non-hydrogen) atoms. The highest BCUT2D eigenvalue weighted by Gasteiger charge is 2.09. The van der Waals surface area contributed by atoms with Gasteiger partial charge in [0.05, 0.1) is 11.9 Å². The maximum atomic E-state index is 11.5. The molecule has 2 aromatic heterocycles. The highest BCUT2D eigenvalue weighted by atomic mass is 16.1. The Hall–Kier alpha value is -2.96. The van der Waals surface area contributed by atoms with Gasteiger partial charge in [-0.3, -0.25) is 14.3 Å². The van der Waals surface area contributed by atoms with Crippen LogP contribution in [0.25, 0.3) is 22.6 Å². The molecule has 100 valence electrons. The molecule has 7 nitrogen and oxygen atoms in total. The van der Waals surface area contributed by atoms with Gasteiger partial charge in [-0.1, -0.05) is 12.1 Å². The number of aromatic amines is 1. The number of nitrogens with one attached hydrogen (secondary N) is 1. The van der Waals surface area contributed by atoms with E-state index in [1.54, 1.807) is 37.5 Å². The Labute approximate surface area is 113 Å². The van der Waals surface area contributed by atoms with Crippen molar-refractivity contribution in [3.05, 3.63) is 46.5 Å². The van der Waals surface area contributed by atoms with Crippen LogP contribution in [0.2, 0.25) is 0 Å². The van der Waals surface area contributed by atoms with E-state index >= 15 is 0 Å². The lowest BCUT2D eigenvalue weighted by molar-refractivity contribution is 0.100. The first-order valence-corrected chi connectivity index (χ1v) is 5.88. The number of nitrogens with two attached hydrogens (primary N) is 1. The zero-order chi connectivity index (χ0) is 14.3. The molecule has 0 saturated carbocycles. The molecule has 2 heterocycles. The number of benzene rings is 1. The van der Waals surface area contributed by atoms with Gasteiger partial charge in [0.25, 0.3) is 0 Å². The van der Waals surface area contributed by atoms with Gasteiger partial charge in [0.15, 0.2) is 11.3 Å². The smallest absolute Gasteiger partial charge is 0.328 e. The Kier molecular flexibility index (Phi) is 2.60. The van der Waals surface area contributed by atoms with Crippen molar-refractivity contribution in [2.45, 2.75) is 0 Å². The van der Waals surface area contributed by atoms with Gasteiger partial charge < -0.3 is 5.73 Å². The fourth-order valence-corrected chi connectivity index (χ4v) is 1.95. The third-order valence-electron chi connectivity index (χ3n) is 3.04. The molecule has 0 bridgehead atoms. The SMILES string of the molecule is Cn1c(=O)[nH]c2ncc(-c3cccc(C(N)=O)c3)nc21. The van der Waals surface area contributed by atoms with Crippen LogP contribution in [0.5, 0.6) is 0 Å². The first-order chi connectivity index (χ1) is 9.56. The topological polar surface area (TPSA) is 107 Å². The Balaban J connectivity index is 2.19. The fraction of sp³-hybridized carbons (Fsp3) is 0.0769. The molecule has 3 rings (SSSR count). The van der Waals surface area contributed by atoms with E-state index in [9.17, 15) is 9.59 Å². The maximum Gasteiger partial charge on any atom is 0.328 e. The fourth-order valence-electron chi connectivity index (χ4n) is 1.95. The summed E-state index contributed by atoms with van der Waals surface area (Å²) in [6, 6.07) is 6.79. The van der Waals surface area contributed by atoms with Gasteiger partial charge in [-0.2, -0.15) is 0 Å². The van der Waals surface area contributed by atoms with Crippen LogP contribution < -0.4 is 11.4 Å². The number of fused-ring (bicyclic) bond motifs is 1. The maximum absolute atomic E-state index is 11.5. The molecule has 0 saturated heterocycles. The number of imidazole rings is 1. The second kappa shape index (κ2) is 4.30. The van der Waals surface area contributed by atoms with E-state index in [-0.39, 0.29) is 5.69 Å². The molecule has 0 spiro atoms. The standard InChI is InChI=1S/C13H11N5O2/c1-18-12-11(17-13(18)20)15-6-9(16-12)7-3-2-4-8(5-7)10(14)19/h2-6H,1H3,(H2,14,19)(H,15,17,20). The van der Waals surface area contributed by atoms with Crippen molar-refractivity contribution in [3.8, 4) is 11.3 Å². The zero-order valence-electron chi connectivity index (χ0n) is 10.6. The van der Waals surface area contributed by atoms with Crippen molar-refractivity contribution >= 4 is 17.2 Å². The average molecular weight is 269 g/mol. The Morgan fingerprint density at radius 2 is 2.20 bits per heavy atom. The minimum Gasteiger partial charge on any atom is -0.366 e. The summed E-state index contributed by atoms with van der Waals surface area (Å²) in [4.78, 5) is 33.8. The van der Waals surface area contributed by atoms with Crippen molar-refractivity contribution in [1.29, 1.82) is 0 Å². The second-order valence-electron chi connectivity index (χ2n) is 4.36. The number of nitrogens with zero attached hydrogens (tertiary/aromatic N) is 3. The summed E-state index contributed by atoms with van der Waals surface area (Å²) in [6.07, 6.45) is 1.54. The average Bonchev–Trinajstić information content (AvgIpc) is 2.74. The van der Waals surface area contributed by atoms with Gasteiger partial charge in [-0.15, -0.1) is 0 Å². The van der Waals surface area contributed by atoms with E-state index < -0.39 is 5.91 Å². The lowest BCUT2D eigenvalue weighted by Gasteiger charge is -2.03. The normalized spacial score (nSPS) is 10.8. The van der Waals surface area contributed by atoms with Crippen molar-refractivity contribution in [1.82, 2.24) is 19.5 Å². The van der Waals surface area contributed by atoms with E-state index in [4.69, 9.17) is 5.73 Å². The van der Waals surface area contributed by atoms with Crippen molar-refractivity contribution < 1.29 is 4.79 Å². The number of hydrogen-bond acceptors (Lipinski definition) is 4. The van der Waals surface area contributed by atoms with Crippen LogP contribution in [0.15, 0.2) is 35.3 Å². The molecule has 1 aromatic carbocycles. The number of rotatable bonds is 2. The van der Waals surface area contributed by atoms with Crippen molar-refractivity contribution in [2.24, 2.45) is 12.8 Å². The molecule has 0 fully saturated rings. The van der Waals surface area contributed by atoms with Gasteiger partial charge >= 0.3 is 5.69 Å². The lowest BCUT2D eigenvalue weighted by Crippen LogP contribution is -2.12.